The van der Waals surface area contributed by atoms with Crippen molar-refractivity contribution in [3.05, 3.63) is 40.9 Å². The third kappa shape index (κ3) is 4.79. The minimum atomic E-state index is -0.436. The molecule has 0 atom stereocenters. The maximum absolute atomic E-state index is 13.2. The number of hydrogen-bond donors (Lipinski definition) is 1. The first-order chi connectivity index (χ1) is 11.0. The molecule has 0 aliphatic heterocycles. The van der Waals surface area contributed by atoms with E-state index < -0.39 is 5.82 Å². The second kappa shape index (κ2) is 8.11. The molecular formula is C17H22ClFN4. The zero-order valence-corrected chi connectivity index (χ0v) is 14.5. The van der Waals surface area contributed by atoms with Gasteiger partial charge in [0.05, 0.1) is 5.02 Å². The largest absolute Gasteiger partial charge is 0.356 e. The van der Waals surface area contributed by atoms with Crippen molar-refractivity contribution in [1.29, 1.82) is 0 Å². The van der Waals surface area contributed by atoms with Crippen LogP contribution in [-0.4, -0.2) is 23.1 Å². The third-order valence-electron chi connectivity index (χ3n) is 3.33. The lowest BCUT2D eigenvalue weighted by molar-refractivity contribution is 0.628. The summed E-state index contributed by atoms with van der Waals surface area (Å²) in [5, 5.41) is 3.25. The predicted molar refractivity (Wildman–Crippen MR) is 94.3 cm³/mol. The Morgan fingerprint density at radius 2 is 1.83 bits per heavy atom. The first-order valence-electron chi connectivity index (χ1n) is 7.86. The van der Waals surface area contributed by atoms with Gasteiger partial charge in [-0.1, -0.05) is 25.4 Å². The van der Waals surface area contributed by atoms with Crippen LogP contribution in [0.15, 0.2) is 24.3 Å². The smallest absolute Gasteiger partial charge is 0.141 e. The Kier molecular flexibility index (Phi) is 6.16. The van der Waals surface area contributed by atoms with Crippen molar-refractivity contribution < 1.29 is 4.39 Å². The number of nitrogens with one attached hydrogen (secondary N) is 1. The van der Waals surface area contributed by atoms with E-state index in [1.165, 1.54) is 6.07 Å². The highest BCUT2D eigenvalue weighted by Crippen LogP contribution is 2.24. The summed E-state index contributed by atoms with van der Waals surface area (Å²) >= 11 is 5.82. The number of rotatable bonds is 7. The molecule has 0 aliphatic rings. The summed E-state index contributed by atoms with van der Waals surface area (Å²) < 4.78 is 13.2. The van der Waals surface area contributed by atoms with E-state index in [1.54, 1.807) is 12.1 Å². The molecule has 0 bridgehead atoms. The van der Waals surface area contributed by atoms with Crippen molar-refractivity contribution >= 4 is 28.9 Å². The summed E-state index contributed by atoms with van der Waals surface area (Å²) in [5.74, 6) is 1.83. The van der Waals surface area contributed by atoms with Crippen molar-refractivity contribution in [2.24, 2.45) is 0 Å². The quantitative estimate of drug-likeness (QED) is 0.776. The second-order valence-electron chi connectivity index (χ2n) is 5.40. The molecule has 0 aliphatic carbocycles. The van der Waals surface area contributed by atoms with Crippen LogP contribution in [0.2, 0.25) is 5.02 Å². The summed E-state index contributed by atoms with van der Waals surface area (Å²) in [5.41, 5.74) is 0.693. The lowest BCUT2D eigenvalue weighted by atomic mass is 10.3. The number of aromatic nitrogens is 2. The topological polar surface area (TPSA) is 41.0 Å². The molecule has 0 fully saturated rings. The first-order valence-corrected chi connectivity index (χ1v) is 8.24. The average molecular weight is 337 g/mol. The summed E-state index contributed by atoms with van der Waals surface area (Å²) in [6, 6.07) is 6.42. The van der Waals surface area contributed by atoms with Gasteiger partial charge in [-0.15, -0.1) is 0 Å². The summed E-state index contributed by atoms with van der Waals surface area (Å²) in [6.45, 7) is 8.06. The van der Waals surface area contributed by atoms with Gasteiger partial charge in [-0.2, -0.15) is 0 Å². The van der Waals surface area contributed by atoms with Gasteiger partial charge in [-0.05, 0) is 38.0 Å². The maximum Gasteiger partial charge on any atom is 0.141 e. The number of halogens is 2. The molecule has 2 aromatic rings. The van der Waals surface area contributed by atoms with Crippen molar-refractivity contribution in [3.8, 4) is 0 Å². The number of anilines is 3. The van der Waals surface area contributed by atoms with Gasteiger partial charge in [0.1, 0.15) is 23.3 Å². The van der Waals surface area contributed by atoms with Gasteiger partial charge in [-0.3, -0.25) is 0 Å². The van der Waals surface area contributed by atoms with Crippen LogP contribution in [0.5, 0.6) is 0 Å². The van der Waals surface area contributed by atoms with E-state index in [-0.39, 0.29) is 5.02 Å². The Balaban J connectivity index is 2.26. The van der Waals surface area contributed by atoms with Crippen LogP contribution in [0.4, 0.5) is 21.7 Å². The van der Waals surface area contributed by atoms with Gasteiger partial charge >= 0.3 is 0 Å². The van der Waals surface area contributed by atoms with Crippen LogP contribution in [0, 0.1) is 12.7 Å². The fraction of sp³-hybridized carbons (Fsp3) is 0.412. The van der Waals surface area contributed by atoms with E-state index in [2.05, 4.69) is 34.0 Å². The molecule has 0 saturated heterocycles. The minimum Gasteiger partial charge on any atom is -0.356 e. The van der Waals surface area contributed by atoms with Crippen LogP contribution in [-0.2, 0) is 0 Å². The molecule has 0 unspecified atom stereocenters. The first kappa shape index (κ1) is 17.5. The highest BCUT2D eigenvalue weighted by atomic mass is 35.5. The zero-order valence-electron chi connectivity index (χ0n) is 13.7. The van der Waals surface area contributed by atoms with Crippen LogP contribution < -0.4 is 10.2 Å². The standard InChI is InChI=1S/C17H22ClFN4/c1-4-8-23(9-5-2)17-11-16(20-12(3)21-17)22-13-6-7-15(19)14(18)10-13/h6-7,10-11H,4-5,8-9H2,1-3H3,(H,20,21,22). The van der Waals surface area contributed by atoms with E-state index in [0.717, 1.165) is 31.7 Å². The Morgan fingerprint density at radius 1 is 1.13 bits per heavy atom. The molecular weight excluding hydrogens is 315 g/mol. The van der Waals surface area contributed by atoms with Gasteiger partial charge in [-0.25, -0.2) is 14.4 Å². The normalized spacial score (nSPS) is 10.7. The van der Waals surface area contributed by atoms with E-state index in [9.17, 15) is 4.39 Å². The number of nitrogens with zero attached hydrogens (tertiary/aromatic N) is 3. The van der Waals surface area contributed by atoms with E-state index >= 15 is 0 Å². The molecule has 0 saturated carbocycles. The van der Waals surface area contributed by atoms with E-state index in [1.807, 2.05) is 13.0 Å². The lowest BCUT2D eigenvalue weighted by Crippen LogP contribution is -2.26. The summed E-state index contributed by atoms with van der Waals surface area (Å²) in [6.07, 6.45) is 2.11. The Bertz CT molecular complexity index is 657. The number of benzene rings is 1. The summed E-state index contributed by atoms with van der Waals surface area (Å²) in [7, 11) is 0. The highest BCUT2D eigenvalue weighted by molar-refractivity contribution is 6.31. The van der Waals surface area contributed by atoms with Crippen LogP contribution in [0.3, 0.4) is 0 Å². The molecule has 0 amide bonds. The Labute approximate surface area is 141 Å². The molecule has 23 heavy (non-hydrogen) atoms. The van der Waals surface area contributed by atoms with Crippen LogP contribution in [0.25, 0.3) is 0 Å². The Morgan fingerprint density at radius 3 is 2.43 bits per heavy atom. The number of aryl methyl sites for hydroxylation is 1. The molecule has 124 valence electrons. The maximum atomic E-state index is 13.2. The van der Waals surface area contributed by atoms with Crippen molar-refractivity contribution in [2.45, 2.75) is 33.6 Å². The van der Waals surface area contributed by atoms with Crippen molar-refractivity contribution in [1.82, 2.24) is 9.97 Å². The predicted octanol–water partition coefficient (Wildman–Crippen LogP) is 4.95. The minimum absolute atomic E-state index is 0.0830. The number of hydrogen-bond acceptors (Lipinski definition) is 4. The van der Waals surface area contributed by atoms with Crippen LogP contribution in [0.1, 0.15) is 32.5 Å². The second-order valence-corrected chi connectivity index (χ2v) is 5.81. The van der Waals surface area contributed by atoms with Gasteiger partial charge < -0.3 is 10.2 Å². The SMILES string of the molecule is CCCN(CCC)c1cc(Nc2ccc(F)c(Cl)c2)nc(C)n1. The average Bonchev–Trinajstić information content (AvgIpc) is 2.50. The fourth-order valence-electron chi connectivity index (χ4n) is 2.38. The molecule has 0 radical (unpaired) electrons. The zero-order chi connectivity index (χ0) is 16.8. The van der Waals surface area contributed by atoms with Gasteiger partial charge in [0, 0.05) is 24.8 Å². The highest BCUT2D eigenvalue weighted by Gasteiger charge is 2.10. The van der Waals surface area contributed by atoms with E-state index in [0.29, 0.717) is 17.3 Å². The molecule has 1 aromatic heterocycles. The molecule has 0 spiro atoms. The van der Waals surface area contributed by atoms with Crippen molar-refractivity contribution in [3.63, 3.8) is 0 Å². The van der Waals surface area contributed by atoms with Gasteiger partial charge in [0.2, 0.25) is 0 Å². The molecule has 1 N–H and O–H groups in total. The molecule has 1 aromatic carbocycles. The molecule has 6 heteroatoms. The van der Waals surface area contributed by atoms with E-state index in [4.69, 9.17) is 11.6 Å². The van der Waals surface area contributed by atoms with Gasteiger partial charge in [0.15, 0.2) is 0 Å². The van der Waals surface area contributed by atoms with Gasteiger partial charge in [0.25, 0.3) is 0 Å². The molecule has 1 heterocycles. The van der Waals surface area contributed by atoms with Crippen LogP contribution >= 0.6 is 11.6 Å². The third-order valence-corrected chi connectivity index (χ3v) is 3.62. The fourth-order valence-corrected chi connectivity index (χ4v) is 2.56. The Hall–Kier alpha value is -1.88. The van der Waals surface area contributed by atoms with Crippen molar-refractivity contribution in [2.75, 3.05) is 23.3 Å². The molecule has 4 nitrogen and oxygen atoms in total. The lowest BCUT2D eigenvalue weighted by Gasteiger charge is -2.23. The molecule has 2 rings (SSSR count). The monoisotopic (exact) mass is 336 g/mol. The summed E-state index contributed by atoms with van der Waals surface area (Å²) in [4.78, 5) is 11.2.